The Morgan fingerprint density at radius 1 is 0.977 bits per heavy atom. The number of hydrogen-bond acceptors (Lipinski definition) is 8. The van der Waals surface area contributed by atoms with E-state index in [9.17, 15) is 30.3 Å². The van der Waals surface area contributed by atoms with Crippen LogP contribution in [0.3, 0.4) is 0 Å². The van der Waals surface area contributed by atoms with Crippen molar-refractivity contribution in [2.75, 3.05) is 11.9 Å². The SMILES string of the molecule is C[C@H](CBr)CC[C@@]1(C(=O)N[C@@H]2O[C@H](CO)[C@@H](O)[C@H](O)[C@H]2O)O[C@H]2C[C@H]3[C@@H]4CC[C@@H]5C[C@@H](O)CC[C@]5(C)[C@H]4CC[C@]3(C)[C@H]2[C@@H]1C. The van der Waals surface area contributed by atoms with Crippen molar-refractivity contribution >= 4 is 21.8 Å². The molecule has 9 nitrogen and oxygen atoms in total. The van der Waals surface area contributed by atoms with Crippen molar-refractivity contribution in [3.8, 4) is 0 Å². The monoisotopic (exact) mass is 685 g/mol. The lowest BCUT2D eigenvalue weighted by Gasteiger charge is -2.61. The van der Waals surface area contributed by atoms with Crippen LogP contribution >= 0.6 is 15.9 Å². The number of halogens is 1. The molecule has 4 aliphatic carbocycles. The van der Waals surface area contributed by atoms with E-state index in [-0.39, 0.29) is 35.4 Å². The molecule has 6 aliphatic rings. The third-order valence-electron chi connectivity index (χ3n) is 14.2. The van der Waals surface area contributed by atoms with Crippen LogP contribution in [0.2, 0.25) is 0 Å². The Labute approximate surface area is 271 Å². The fraction of sp³-hybridized carbons (Fsp3) is 0.971. The first kappa shape index (κ1) is 33.6. The van der Waals surface area contributed by atoms with Crippen LogP contribution in [0, 0.1) is 52.3 Å². The van der Waals surface area contributed by atoms with E-state index in [0.717, 1.165) is 43.9 Å². The molecule has 2 saturated heterocycles. The number of carbonyl (C=O) groups excluding carboxylic acids is 1. The molecule has 0 aromatic heterocycles. The Morgan fingerprint density at radius 2 is 1.70 bits per heavy atom. The molecule has 6 N–H and O–H groups in total. The molecule has 17 atom stereocenters. The van der Waals surface area contributed by atoms with Crippen molar-refractivity contribution in [1.82, 2.24) is 5.32 Å². The van der Waals surface area contributed by atoms with Gasteiger partial charge in [0.05, 0.1) is 18.8 Å². The molecule has 0 aromatic carbocycles. The van der Waals surface area contributed by atoms with E-state index in [1.165, 1.54) is 19.3 Å². The summed E-state index contributed by atoms with van der Waals surface area (Å²) in [4.78, 5) is 14.4. The number of aliphatic hydroxyl groups excluding tert-OH is 5. The number of fused-ring (bicyclic) bond motifs is 7. The average Bonchev–Trinajstić information content (AvgIpc) is 3.46. The standard InChI is InChI=1S/C34H56BrNO8/c1-17(15-35)7-12-34(31(42)36-30-29(41)28(40)27(39)25(16-37)43-30)18(2)26-24(44-34)14-23-21-6-5-19-13-20(38)8-10-32(19,3)22(21)9-11-33(23,26)4/h17-30,37-41H,5-16H2,1-4H3,(H,36,42)/t17-,18-,19+,20-,21+,22-,23-,24-,25+,26-,27+,28-,29+,30+,32-,33-,34+/m0/s1. The first-order valence-electron chi connectivity index (χ1n) is 17.3. The summed E-state index contributed by atoms with van der Waals surface area (Å²) in [6.07, 6.45) is 2.88. The molecule has 0 unspecified atom stereocenters. The molecule has 6 fully saturated rings. The van der Waals surface area contributed by atoms with Gasteiger partial charge in [-0.05, 0) is 111 Å². The Balaban J connectivity index is 1.24. The Kier molecular flexibility index (Phi) is 9.37. The highest BCUT2D eigenvalue weighted by Gasteiger charge is 2.70. The number of amides is 1. The molecule has 0 bridgehead atoms. The van der Waals surface area contributed by atoms with Crippen LogP contribution < -0.4 is 5.32 Å². The van der Waals surface area contributed by atoms with Gasteiger partial charge in [0.25, 0.3) is 5.91 Å². The van der Waals surface area contributed by atoms with Gasteiger partial charge in [-0.15, -0.1) is 0 Å². The van der Waals surface area contributed by atoms with E-state index < -0.39 is 42.9 Å². The second kappa shape index (κ2) is 12.3. The second-order valence-corrected chi connectivity index (χ2v) is 16.9. The molecule has 4 saturated carbocycles. The van der Waals surface area contributed by atoms with E-state index in [1.54, 1.807) is 0 Å². The van der Waals surface area contributed by atoms with Crippen molar-refractivity contribution in [3.05, 3.63) is 0 Å². The van der Waals surface area contributed by atoms with Crippen molar-refractivity contribution in [2.24, 2.45) is 52.3 Å². The van der Waals surface area contributed by atoms with E-state index in [1.807, 2.05) is 0 Å². The van der Waals surface area contributed by atoms with Crippen molar-refractivity contribution in [2.45, 2.75) is 140 Å². The number of carbonyl (C=O) groups is 1. The van der Waals surface area contributed by atoms with Gasteiger partial charge in [0, 0.05) is 11.2 Å². The second-order valence-electron chi connectivity index (χ2n) is 16.2. The van der Waals surface area contributed by atoms with E-state index >= 15 is 0 Å². The maximum atomic E-state index is 14.4. The topological polar surface area (TPSA) is 149 Å². The first-order chi connectivity index (χ1) is 20.8. The third-order valence-corrected chi connectivity index (χ3v) is 15.3. The molecule has 6 rings (SSSR count). The molecule has 252 valence electrons. The lowest BCUT2D eigenvalue weighted by atomic mass is 9.44. The maximum Gasteiger partial charge on any atom is 0.254 e. The van der Waals surface area contributed by atoms with Gasteiger partial charge in [-0.25, -0.2) is 0 Å². The summed E-state index contributed by atoms with van der Waals surface area (Å²) in [6.45, 7) is 8.75. The number of nitrogens with one attached hydrogen (secondary N) is 1. The maximum absolute atomic E-state index is 14.4. The van der Waals surface area contributed by atoms with Crippen LogP contribution in [0.25, 0.3) is 0 Å². The van der Waals surface area contributed by atoms with Crippen LogP contribution in [-0.2, 0) is 14.3 Å². The van der Waals surface area contributed by atoms with Gasteiger partial charge in [0.15, 0.2) is 6.23 Å². The highest BCUT2D eigenvalue weighted by molar-refractivity contribution is 9.09. The molecule has 0 spiro atoms. The molecular formula is C34H56BrNO8. The largest absolute Gasteiger partial charge is 0.394 e. The van der Waals surface area contributed by atoms with Crippen LogP contribution in [0.15, 0.2) is 0 Å². The fourth-order valence-corrected chi connectivity index (χ4v) is 11.9. The Hall–Kier alpha value is -0.330. The van der Waals surface area contributed by atoms with Gasteiger partial charge in [0.2, 0.25) is 0 Å². The molecule has 0 radical (unpaired) electrons. The summed E-state index contributed by atoms with van der Waals surface area (Å²) in [7, 11) is 0. The average molecular weight is 687 g/mol. The van der Waals surface area contributed by atoms with E-state index in [0.29, 0.717) is 41.4 Å². The quantitative estimate of drug-likeness (QED) is 0.224. The highest BCUT2D eigenvalue weighted by Crippen LogP contribution is 2.71. The zero-order valence-electron chi connectivity index (χ0n) is 26.9. The van der Waals surface area contributed by atoms with Crippen LogP contribution in [-0.4, -0.2) is 91.8 Å². The number of ether oxygens (including phenoxy) is 2. The molecule has 2 heterocycles. The van der Waals surface area contributed by atoms with Crippen LogP contribution in [0.4, 0.5) is 0 Å². The van der Waals surface area contributed by atoms with Crippen LogP contribution in [0.1, 0.15) is 91.9 Å². The zero-order chi connectivity index (χ0) is 31.8. The van der Waals surface area contributed by atoms with Gasteiger partial charge in [0.1, 0.15) is 30.0 Å². The van der Waals surface area contributed by atoms with Crippen molar-refractivity contribution in [3.63, 3.8) is 0 Å². The summed E-state index contributed by atoms with van der Waals surface area (Å²) in [5.41, 5.74) is -0.748. The zero-order valence-corrected chi connectivity index (χ0v) is 28.5. The van der Waals surface area contributed by atoms with Gasteiger partial charge < -0.3 is 40.3 Å². The van der Waals surface area contributed by atoms with Crippen molar-refractivity contribution < 1.29 is 39.8 Å². The summed E-state index contributed by atoms with van der Waals surface area (Å²) < 4.78 is 12.7. The molecule has 44 heavy (non-hydrogen) atoms. The highest BCUT2D eigenvalue weighted by atomic mass is 79.9. The fourth-order valence-electron chi connectivity index (χ4n) is 11.6. The van der Waals surface area contributed by atoms with Crippen molar-refractivity contribution in [1.29, 1.82) is 0 Å². The smallest absolute Gasteiger partial charge is 0.254 e. The third kappa shape index (κ3) is 5.15. The minimum Gasteiger partial charge on any atom is -0.394 e. The normalized spacial score (nSPS) is 54.1. The molecule has 2 aliphatic heterocycles. The van der Waals surface area contributed by atoms with E-state index in [2.05, 4.69) is 48.9 Å². The van der Waals surface area contributed by atoms with Gasteiger partial charge in [-0.1, -0.05) is 43.6 Å². The van der Waals surface area contributed by atoms with Gasteiger partial charge >= 0.3 is 0 Å². The summed E-state index contributed by atoms with van der Waals surface area (Å²) >= 11 is 3.59. The van der Waals surface area contributed by atoms with Gasteiger partial charge in [-0.2, -0.15) is 0 Å². The summed E-state index contributed by atoms with van der Waals surface area (Å²) in [6, 6.07) is 0. The predicted molar refractivity (Wildman–Crippen MR) is 167 cm³/mol. The minimum absolute atomic E-state index is 0.0303. The first-order valence-corrected chi connectivity index (χ1v) is 18.5. The number of hydrogen-bond donors (Lipinski definition) is 6. The number of alkyl halides is 1. The Morgan fingerprint density at radius 3 is 2.41 bits per heavy atom. The summed E-state index contributed by atoms with van der Waals surface area (Å²) in [5, 5.41) is 55.1. The molecule has 1 amide bonds. The molecule has 0 aromatic rings. The van der Waals surface area contributed by atoms with E-state index in [4.69, 9.17) is 9.47 Å². The Bertz CT molecular complexity index is 1060. The molecule has 10 heteroatoms. The predicted octanol–water partition coefficient (Wildman–Crippen LogP) is 3.12. The lowest BCUT2D eigenvalue weighted by Crippen LogP contribution is -2.65. The van der Waals surface area contributed by atoms with Gasteiger partial charge in [-0.3, -0.25) is 4.79 Å². The molecular weight excluding hydrogens is 630 g/mol. The van der Waals surface area contributed by atoms with Crippen LogP contribution in [0.5, 0.6) is 0 Å². The minimum atomic E-state index is -1.56. The number of aliphatic hydroxyl groups is 5. The number of rotatable bonds is 7. The summed E-state index contributed by atoms with van der Waals surface area (Å²) in [5.74, 6) is 2.65. The lowest BCUT2D eigenvalue weighted by molar-refractivity contribution is -0.238.